The predicted octanol–water partition coefficient (Wildman–Crippen LogP) is -1.71. The van der Waals surface area contributed by atoms with Crippen molar-refractivity contribution in [2.75, 3.05) is 18.6 Å². The van der Waals surface area contributed by atoms with Crippen molar-refractivity contribution in [3.05, 3.63) is 18.3 Å². The average Bonchev–Trinajstić information content (AvgIpc) is 2.80. The summed E-state index contributed by atoms with van der Waals surface area (Å²) in [7, 11) is -0.316. The van der Waals surface area contributed by atoms with Crippen LogP contribution in [0.1, 0.15) is 6.42 Å². The number of carbonyl (C=O) groups is 2. The highest BCUT2D eigenvalue weighted by molar-refractivity contribution is 6.58. The first kappa shape index (κ1) is 13.5. The minimum atomic E-state index is -1.60. The van der Waals surface area contributed by atoms with Crippen LogP contribution < -0.4 is 10.4 Å². The minimum absolute atomic E-state index is 0.0960. The van der Waals surface area contributed by atoms with Gasteiger partial charge in [-0.2, -0.15) is 0 Å². The zero-order valence-corrected chi connectivity index (χ0v) is 10.3. The fraction of sp³-hybridized carbons (Fsp3) is 0.364. The molecule has 2 N–H and O–H groups in total. The first-order valence-corrected chi connectivity index (χ1v) is 5.73. The summed E-state index contributed by atoms with van der Waals surface area (Å²) in [6, 6.07) is 2.97. The molecule has 0 radical (unpaired) electrons. The molecule has 2 rings (SSSR count). The summed E-state index contributed by atoms with van der Waals surface area (Å²) in [4.78, 5) is 28.6. The van der Waals surface area contributed by atoms with E-state index in [1.807, 2.05) is 0 Å². The second kappa shape index (κ2) is 5.37. The van der Waals surface area contributed by atoms with E-state index in [0.29, 0.717) is 5.82 Å². The number of pyridine rings is 1. The number of hydrogen-bond acceptors (Lipinski definition) is 6. The lowest BCUT2D eigenvalue weighted by atomic mass is 9.82. The van der Waals surface area contributed by atoms with Gasteiger partial charge >= 0.3 is 13.1 Å². The Hall–Kier alpha value is -1.93. The molecule has 0 aromatic carbocycles. The Morgan fingerprint density at radius 2 is 2.26 bits per heavy atom. The van der Waals surface area contributed by atoms with E-state index in [-0.39, 0.29) is 24.3 Å². The molecule has 1 aromatic heterocycles. The molecule has 0 saturated carbocycles. The molecule has 100 valence electrons. The number of esters is 1. The number of rotatable bonds is 3. The molecule has 1 amide bonds. The van der Waals surface area contributed by atoms with Crippen molar-refractivity contribution in [3.63, 3.8) is 0 Å². The summed E-state index contributed by atoms with van der Waals surface area (Å²) in [5, 5.41) is 17.9. The molecule has 1 atom stereocenters. The van der Waals surface area contributed by atoms with Gasteiger partial charge < -0.3 is 14.8 Å². The Bertz CT molecular complexity index is 490. The average molecular weight is 264 g/mol. The summed E-state index contributed by atoms with van der Waals surface area (Å²) in [6.07, 6.45) is 1.37. The maximum atomic E-state index is 11.8. The summed E-state index contributed by atoms with van der Waals surface area (Å²) >= 11 is 0. The van der Waals surface area contributed by atoms with Crippen LogP contribution in [0.2, 0.25) is 0 Å². The van der Waals surface area contributed by atoms with Gasteiger partial charge in [0.2, 0.25) is 5.91 Å². The molecule has 0 aliphatic carbocycles. The molecular formula is C11H13BN2O5. The van der Waals surface area contributed by atoms with Gasteiger partial charge in [-0.05, 0) is 6.07 Å². The van der Waals surface area contributed by atoms with Crippen LogP contribution in [0.25, 0.3) is 0 Å². The first-order valence-electron chi connectivity index (χ1n) is 5.73. The molecule has 1 aliphatic heterocycles. The molecule has 1 aromatic rings. The first-order chi connectivity index (χ1) is 9.02. The van der Waals surface area contributed by atoms with Gasteiger partial charge in [-0.15, -0.1) is 0 Å². The Kier molecular flexibility index (Phi) is 3.82. The number of anilines is 1. The van der Waals surface area contributed by atoms with Gasteiger partial charge in [-0.25, -0.2) is 4.98 Å². The van der Waals surface area contributed by atoms with E-state index in [2.05, 4.69) is 9.72 Å². The summed E-state index contributed by atoms with van der Waals surface area (Å²) < 4.78 is 4.61. The Morgan fingerprint density at radius 1 is 1.53 bits per heavy atom. The van der Waals surface area contributed by atoms with Crippen molar-refractivity contribution in [3.8, 4) is 0 Å². The van der Waals surface area contributed by atoms with Crippen LogP contribution in [0, 0.1) is 5.92 Å². The number of hydrogen-bond donors (Lipinski definition) is 2. The molecule has 1 unspecified atom stereocenters. The van der Waals surface area contributed by atoms with Gasteiger partial charge in [0.15, 0.2) is 0 Å². The lowest BCUT2D eigenvalue weighted by Gasteiger charge is -2.15. The molecule has 0 spiro atoms. The third kappa shape index (κ3) is 2.74. The predicted molar refractivity (Wildman–Crippen MR) is 66.5 cm³/mol. The minimum Gasteiger partial charge on any atom is -0.469 e. The topological polar surface area (TPSA) is 100.0 Å². The van der Waals surface area contributed by atoms with E-state index < -0.39 is 19.0 Å². The normalized spacial score (nSPS) is 18.6. The standard InChI is InChI=1S/C11H13BN2O5/c1-19-11(16)7-4-10(15)14(6-7)9-3-2-8(5-13-9)12(17)18/h2-3,5,7,17-18H,4,6H2,1H3. The van der Waals surface area contributed by atoms with E-state index in [9.17, 15) is 9.59 Å². The number of methoxy groups -OCH3 is 1. The van der Waals surface area contributed by atoms with E-state index in [1.165, 1.54) is 30.3 Å². The second-order valence-electron chi connectivity index (χ2n) is 4.25. The van der Waals surface area contributed by atoms with Crippen LogP contribution in [0.3, 0.4) is 0 Å². The highest BCUT2D eigenvalue weighted by Crippen LogP contribution is 2.23. The van der Waals surface area contributed by atoms with Crippen molar-refractivity contribution in [1.82, 2.24) is 4.98 Å². The van der Waals surface area contributed by atoms with Crippen molar-refractivity contribution in [2.45, 2.75) is 6.42 Å². The fourth-order valence-electron chi connectivity index (χ4n) is 1.96. The van der Waals surface area contributed by atoms with Gasteiger partial charge in [0.05, 0.1) is 13.0 Å². The van der Waals surface area contributed by atoms with Crippen molar-refractivity contribution < 1.29 is 24.4 Å². The van der Waals surface area contributed by atoms with E-state index in [1.54, 1.807) is 0 Å². The number of nitrogens with zero attached hydrogens (tertiary/aromatic N) is 2. The fourth-order valence-corrected chi connectivity index (χ4v) is 1.96. The van der Waals surface area contributed by atoms with Gasteiger partial charge in [0.1, 0.15) is 5.82 Å². The monoisotopic (exact) mass is 264 g/mol. The quantitative estimate of drug-likeness (QED) is 0.498. The summed E-state index contributed by atoms with van der Waals surface area (Å²) in [5.74, 6) is -0.735. The molecule has 7 nitrogen and oxygen atoms in total. The van der Waals surface area contributed by atoms with Crippen molar-refractivity contribution in [2.24, 2.45) is 5.92 Å². The van der Waals surface area contributed by atoms with E-state index >= 15 is 0 Å². The SMILES string of the molecule is COC(=O)C1CC(=O)N(c2ccc(B(O)O)cn2)C1. The molecule has 1 aliphatic rings. The lowest BCUT2D eigenvalue weighted by molar-refractivity contribution is -0.145. The largest absolute Gasteiger partial charge is 0.490 e. The highest BCUT2D eigenvalue weighted by Gasteiger charge is 2.36. The smallest absolute Gasteiger partial charge is 0.469 e. The van der Waals surface area contributed by atoms with E-state index in [4.69, 9.17) is 10.0 Å². The highest BCUT2D eigenvalue weighted by atomic mass is 16.5. The Balaban J connectivity index is 2.14. The van der Waals surface area contributed by atoms with Crippen LogP contribution in [0.15, 0.2) is 18.3 Å². The molecular weight excluding hydrogens is 251 g/mol. The van der Waals surface area contributed by atoms with Crippen LogP contribution in [0.5, 0.6) is 0 Å². The molecule has 8 heteroatoms. The maximum Gasteiger partial charge on any atom is 0.490 e. The number of amides is 1. The van der Waals surface area contributed by atoms with Crippen LogP contribution in [0.4, 0.5) is 5.82 Å². The molecule has 0 bridgehead atoms. The van der Waals surface area contributed by atoms with Crippen molar-refractivity contribution >= 4 is 30.3 Å². The van der Waals surface area contributed by atoms with Crippen molar-refractivity contribution in [1.29, 1.82) is 0 Å². The van der Waals surface area contributed by atoms with Crippen LogP contribution in [-0.2, 0) is 14.3 Å². The summed E-state index contributed by atoms with van der Waals surface area (Å²) in [6.45, 7) is 0.222. The van der Waals surface area contributed by atoms with Gasteiger partial charge in [0.25, 0.3) is 0 Å². The van der Waals surface area contributed by atoms with Crippen LogP contribution >= 0.6 is 0 Å². The molecule has 1 fully saturated rings. The Labute approximate surface area is 110 Å². The summed E-state index contributed by atoms with van der Waals surface area (Å²) in [5.41, 5.74) is 0.236. The Morgan fingerprint density at radius 3 is 2.79 bits per heavy atom. The number of aromatic nitrogens is 1. The third-order valence-electron chi connectivity index (χ3n) is 3.00. The zero-order chi connectivity index (χ0) is 14.0. The van der Waals surface area contributed by atoms with Gasteiger partial charge in [-0.3, -0.25) is 14.5 Å². The molecule has 19 heavy (non-hydrogen) atoms. The number of carbonyl (C=O) groups excluding carboxylic acids is 2. The second-order valence-corrected chi connectivity index (χ2v) is 4.25. The van der Waals surface area contributed by atoms with E-state index in [0.717, 1.165) is 0 Å². The van der Waals surface area contributed by atoms with Gasteiger partial charge in [0, 0.05) is 24.6 Å². The zero-order valence-electron chi connectivity index (χ0n) is 10.3. The maximum absolute atomic E-state index is 11.8. The van der Waals surface area contributed by atoms with Crippen LogP contribution in [-0.4, -0.2) is 47.7 Å². The lowest BCUT2D eigenvalue weighted by Crippen LogP contribution is -2.32. The van der Waals surface area contributed by atoms with Gasteiger partial charge in [-0.1, -0.05) is 6.07 Å². The third-order valence-corrected chi connectivity index (χ3v) is 3.00. The number of ether oxygens (including phenoxy) is 1. The molecule has 2 heterocycles. The molecule has 1 saturated heterocycles.